The van der Waals surface area contributed by atoms with Gasteiger partial charge in [-0.05, 0) is 25.0 Å². The summed E-state index contributed by atoms with van der Waals surface area (Å²) in [7, 11) is 1.46. The average molecular weight is 520 g/mol. The van der Waals surface area contributed by atoms with Gasteiger partial charge in [0.25, 0.3) is 5.71 Å². The van der Waals surface area contributed by atoms with Crippen LogP contribution in [-0.2, 0) is 32.1 Å². The first kappa shape index (κ1) is 27.0. The number of methoxy groups -OCH3 is 1. The Morgan fingerprint density at radius 1 is 1.36 bits per heavy atom. The van der Waals surface area contributed by atoms with Crippen molar-refractivity contribution in [1.82, 2.24) is 15.2 Å². The van der Waals surface area contributed by atoms with Crippen molar-refractivity contribution in [3.8, 4) is 0 Å². The number of carbonyl (C=O) groups is 3. The van der Waals surface area contributed by atoms with E-state index in [-0.39, 0.29) is 41.8 Å². The summed E-state index contributed by atoms with van der Waals surface area (Å²) in [4.78, 5) is 43.4. The highest BCUT2D eigenvalue weighted by Crippen LogP contribution is 2.23. The zero-order valence-corrected chi connectivity index (χ0v) is 20.8. The lowest BCUT2D eigenvalue weighted by Crippen LogP contribution is -2.51. The van der Waals surface area contributed by atoms with Crippen molar-refractivity contribution in [2.24, 2.45) is 5.73 Å². The Balaban J connectivity index is 1.72. The van der Waals surface area contributed by atoms with Crippen LogP contribution in [0, 0.1) is 5.82 Å². The Bertz CT molecular complexity index is 1180. The molecule has 0 aliphatic carbocycles. The Morgan fingerprint density at radius 3 is 2.78 bits per heavy atom. The van der Waals surface area contributed by atoms with Crippen LogP contribution in [-0.4, -0.2) is 65.7 Å². The van der Waals surface area contributed by atoms with Gasteiger partial charge in [0, 0.05) is 31.5 Å². The van der Waals surface area contributed by atoms with Crippen molar-refractivity contribution < 1.29 is 28.9 Å². The minimum atomic E-state index is -0.908. The van der Waals surface area contributed by atoms with Gasteiger partial charge in [0.05, 0.1) is 35.1 Å². The number of pyridine rings is 1. The third kappa shape index (κ3) is 5.97. The summed E-state index contributed by atoms with van der Waals surface area (Å²) < 4.78 is 19.6. The number of aromatic nitrogens is 1. The SMILES string of the molecule is CCc1cc(C(=[NH2+])C(N)=O)c(NCC(=O)N2CC[C@@H](OC)[C@H]2C(=O)NCc2cccc(Cl)c2F)cn1. The highest BCUT2D eigenvalue weighted by atomic mass is 35.5. The second-order valence-electron chi connectivity index (χ2n) is 8.23. The average Bonchev–Trinajstić information content (AvgIpc) is 3.31. The molecule has 2 aromatic rings. The Morgan fingerprint density at radius 2 is 2.11 bits per heavy atom. The van der Waals surface area contributed by atoms with Crippen molar-refractivity contribution in [1.29, 1.82) is 0 Å². The standard InChI is InChI=1S/C24H28ClFN6O4/c1-3-14-9-15(21(27)23(28)34)17(11-29-14)30-12-19(33)32-8-7-18(36-2)22(32)24(35)31-10-13-5-4-6-16(25)20(13)26/h4-6,9,11,18,22,27,30H,3,7-8,10,12H2,1-2H3,(H2,28,34)(H,31,35)/p+1/t18-,22+/m1/s1. The highest BCUT2D eigenvalue weighted by molar-refractivity contribution is 6.43. The first-order valence-electron chi connectivity index (χ1n) is 11.4. The van der Waals surface area contributed by atoms with Crippen molar-refractivity contribution in [2.75, 3.05) is 25.5 Å². The van der Waals surface area contributed by atoms with E-state index in [1.807, 2.05) is 6.92 Å². The van der Waals surface area contributed by atoms with Crippen LogP contribution < -0.4 is 21.8 Å². The number of ether oxygens (including phenoxy) is 1. The molecule has 1 aliphatic heterocycles. The molecule has 12 heteroatoms. The van der Waals surface area contributed by atoms with Crippen LogP contribution >= 0.6 is 11.6 Å². The molecule has 6 N–H and O–H groups in total. The molecule has 0 saturated carbocycles. The largest absolute Gasteiger partial charge is 0.379 e. The van der Waals surface area contributed by atoms with Gasteiger partial charge in [-0.3, -0.25) is 19.4 Å². The normalized spacial score (nSPS) is 17.1. The maximum absolute atomic E-state index is 14.2. The number of nitrogens with zero attached hydrogens (tertiary/aromatic N) is 2. The van der Waals surface area contributed by atoms with Gasteiger partial charge in [-0.25, -0.2) is 9.80 Å². The van der Waals surface area contributed by atoms with E-state index in [1.165, 1.54) is 30.3 Å². The molecular formula is C24H29ClFN6O4+. The van der Waals surface area contributed by atoms with E-state index < -0.39 is 29.8 Å². The van der Waals surface area contributed by atoms with Gasteiger partial charge in [-0.2, -0.15) is 0 Å². The van der Waals surface area contributed by atoms with E-state index in [0.29, 0.717) is 29.8 Å². The van der Waals surface area contributed by atoms with Crippen LogP contribution in [0.4, 0.5) is 10.1 Å². The van der Waals surface area contributed by atoms with E-state index in [0.717, 1.165) is 0 Å². The molecule has 0 spiro atoms. The lowest BCUT2D eigenvalue weighted by Gasteiger charge is -2.27. The summed E-state index contributed by atoms with van der Waals surface area (Å²) in [5.74, 6) is -2.27. The summed E-state index contributed by atoms with van der Waals surface area (Å²) in [6.07, 6.45) is 2.01. The third-order valence-electron chi connectivity index (χ3n) is 6.03. The van der Waals surface area contributed by atoms with Gasteiger partial charge in [0.15, 0.2) is 0 Å². The lowest BCUT2D eigenvalue weighted by molar-refractivity contribution is -0.140. The molecule has 192 valence electrons. The zero-order chi connectivity index (χ0) is 26.4. The number of hydrogen-bond acceptors (Lipinski definition) is 6. The van der Waals surface area contributed by atoms with Crippen LogP contribution in [0.15, 0.2) is 30.5 Å². The smallest absolute Gasteiger partial charge is 0.313 e. The number of likely N-dealkylation sites (tertiary alicyclic amines) is 1. The van der Waals surface area contributed by atoms with Gasteiger partial charge < -0.3 is 26.0 Å². The van der Waals surface area contributed by atoms with Crippen molar-refractivity contribution >= 4 is 40.7 Å². The summed E-state index contributed by atoms with van der Waals surface area (Å²) >= 11 is 5.81. The van der Waals surface area contributed by atoms with E-state index >= 15 is 0 Å². The molecule has 1 saturated heterocycles. The fourth-order valence-corrected chi connectivity index (χ4v) is 4.23. The van der Waals surface area contributed by atoms with Crippen LogP contribution in [0.3, 0.4) is 0 Å². The number of amides is 3. The molecule has 2 atom stereocenters. The molecule has 10 nitrogen and oxygen atoms in total. The fraction of sp³-hybridized carbons (Fsp3) is 0.375. The molecule has 0 radical (unpaired) electrons. The summed E-state index contributed by atoms with van der Waals surface area (Å²) in [6.45, 7) is 1.89. The molecule has 36 heavy (non-hydrogen) atoms. The molecule has 1 fully saturated rings. The van der Waals surface area contributed by atoms with Crippen LogP contribution in [0.2, 0.25) is 5.02 Å². The van der Waals surface area contributed by atoms with Crippen molar-refractivity contribution in [3.63, 3.8) is 0 Å². The third-order valence-corrected chi connectivity index (χ3v) is 6.32. The number of halogens is 2. The molecule has 2 heterocycles. The molecule has 3 amide bonds. The van der Waals surface area contributed by atoms with E-state index in [2.05, 4.69) is 15.6 Å². The van der Waals surface area contributed by atoms with Crippen LogP contribution in [0.25, 0.3) is 0 Å². The monoisotopic (exact) mass is 519 g/mol. The van der Waals surface area contributed by atoms with Crippen molar-refractivity contribution in [2.45, 2.75) is 38.5 Å². The molecule has 0 bridgehead atoms. The van der Waals surface area contributed by atoms with E-state index in [9.17, 15) is 18.8 Å². The van der Waals surface area contributed by atoms with Crippen LogP contribution in [0.5, 0.6) is 0 Å². The number of hydrogen-bond donors (Lipinski definition) is 4. The predicted molar refractivity (Wildman–Crippen MR) is 132 cm³/mol. The predicted octanol–water partition coefficient (Wildman–Crippen LogP) is -0.186. The van der Waals surface area contributed by atoms with Crippen LogP contribution in [0.1, 0.15) is 30.2 Å². The summed E-state index contributed by atoms with van der Waals surface area (Å²) in [6, 6.07) is 5.24. The molecule has 1 aromatic carbocycles. The highest BCUT2D eigenvalue weighted by Gasteiger charge is 2.42. The maximum atomic E-state index is 14.2. The summed E-state index contributed by atoms with van der Waals surface area (Å²) in [5.41, 5.74) is 6.80. The number of nitrogens with two attached hydrogens (primary N) is 2. The van der Waals surface area contributed by atoms with Gasteiger partial charge in [0.2, 0.25) is 11.8 Å². The number of carbonyl (C=O) groups excluding carboxylic acids is 3. The number of rotatable bonds is 10. The fourth-order valence-electron chi connectivity index (χ4n) is 4.03. The maximum Gasteiger partial charge on any atom is 0.313 e. The van der Waals surface area contributed by atoms with Crippen molar-refractivity contribution in [3.05, 3.63) is 58.1 Å². The van der Waals surface area contributed by atoms with E-state index in [1.54, 1.807) is 12.1 Å². The second-order valence-corrected chi connectivity index (χ2v) is 8.64. The molecule has 1 aliphatic rings. The summed E-state index contributed by atoms with van der Waals surface area (Å²) in [5, 5.41) is 11.4. The Kier molecular flexibility index (Phi) is 8.94. The number of nitrogens with one attached hydrogen (secondary N) is 2. The second kappa shape index (κ2) is 11.9. The molecular weight excluding hydrogens is 491 g/mol. The number of primary amides is 1. The minimum absolute atomic E-state index is 0.0460. The first-order chi connectivity index (χ1) is 17.2. The lowest BCUT2D eigenvalue weighted by atomic mass is 10.1. The van der Waals surface area contributed by atoms with Gasteiger partial charge in [-0.1, -0.05) is 30.7 Å². The molecule has 3 rings (SSSR count). The molecule has 0 unspecified atom stereocenters. The quantitative estimate of drug-likeness (QED) is 0.319. The number of benzene rings is 1. The molecule has 1 aromatic heterocycles. The number of anilines is 1. The first-order valence-corrected chi connectivity index (χ1v) is 11.7. The zero-order valence-electron chi connectivity index (χ0n) is 20.0. The van der Waals surface area contributed by atoms with Gasteiger partial charge >= 0.3 is 5.91 Å². The number of aryl methyl sites for hydroxylation is 1. The topological polar surface area (TPSA) is 152 Å². The minimum Gasteiger partial charge on any atom is -0.379 e. The Labute approximate surface area is 212 Å². The van der Waals surface area contributed by atoms with E-state index in [4.69, 9.17) is 27.5 Å². The van der Waals surface area contributed by atoms with Gasteiger partial charge in [-0.15, -0.1) is 0 Å². The van der Waals surface area contributed by atoms with Gasteiger partial charge in [0.1, 0.15) is 11.9 Å². The Hall–Kier alpha value is -3.57.